The first-order valence-corrected chi connectivity index (χ1v) is 8.32. The minimum atomic E-state index is -0.478. The van der Waals surface area contributed by atoms with Gasteiger partial charge in [-0.1, -0.05) is 36.6 Å². The number of anilines is 1. The van der Waals surface area contributed by atoms with Crippen molar-refractivity contribution in [3.63, 3.8) is 0 Å². The average molecular weight is 325 g/mol. The van der Waals surface area contributed by atoms with Crippen molar-refractivity contribution in [3.05, 3.63) is 29.3 Å². The zero-order valence-corrected chi connectivity index (χ0v) is 13.9. The molecular weight excluding hydrogens is 300 g/mol. The van der Waals surface area contributed by atoms with Crippen LogP contribution >= 0.6 is 11.6 Å². The second-order valence-corrected chi connectivity index (χ2v) is 6.67. The van der Waals surface area contributed by atoms with E-state index >= 15 is 0 Å². The molecule has 22 heavy (non-hydrogen) atoms. The molecule has 0 heterocycles. The predicted octanol–water partition coefficient (Wildman–Crippen LogP) is 3.30. The standard InChI is InChI=1S/C17H25ClN2O2/c1-20(13-11-17(22)9-4-5-10-17)12-8-16(21)19-15-7-3-2-6-14(15)18/h2-3,6-7,22H,4-5,8-13H2,1H3,(H,19,21). The molecule has 5 heteroatoms. The fraction of sp³-hybridized carbons (Fsp3) is 0.588. The van der Waals surface area contributed by atoms with Crippen LogP contribution in [0.3, 0.4) is 0 Å². The second-order valence-electron chi connectivity index (χ2n) is 6.26. The summed E-state index contributed by atoms with van der Waals surface area (Å²) in [4.78, 5) is 14.0. The van der Waals surface area contributed by atoms with Gasteiger partial charge in [-0.3, -0.25) is 4.79 Å². The monoisotopic (exact) mass is 324 g/mol. The zero-order chi connectivity index (χ0) is 16.0. The quantitative estimate of drug-likeness (QED) is 0.809. The summed E-state index contributed by atoms with van der Waals surface area (Å²) < 4.78 is 0. The Morgan fingerprint density at radius 1 is 1.32 bits per heavy atom. The maximum atomic E-state index is 11.9. The summed E-state index contributed by atoms with van der Waals surface area (Å²) in [5.74, 6) is -0.0421. The molecular formula is C17H25ClN2O2. The van der Waals surface area contributed by atoms with Gasteiger partial charge in [0.05, 0.1) is 16.3 Å². The van der Waals surface area contributed by atoms with Crippen LogP contribution in [0.5, 0.6) is 0 Å². The highest BCUT2D eigenvalue weighted by molar-refractivity contribution is 6.33. The number of hydrogen-bond acceptors (Lipinski definition) is 3. The van der Waals surface area contributed by atoms with Gasteiger partial charge in [-0.05, 0) is 38.4 Å². The van der Waals surface area contributed by atoms with Gasteiger partial charge >= 0.3 is 0 Å². The lowest BCUT2D eigenvalue weighted by molar-refractivity contribution is -0.116. The largest absolute Gasteiger partial charge is 0.390 e. The molecule has 1 saturated carbocycles. The number of nitrogens with one attached hydrogen (secondary N) is 1. The van der Waals surface area contributed by atoms with E-state index in [1.54, 1.807) is 12.1 Å². The third-order valence-corrected chi connectivity index (χ3v) is 4.69. The van der Waals surface area contributed by atoms with Gasteiger partial charge in [0.2, 0.25) is 5.91 Å². The molecule has 0 aromatic heterocycles. The fourth-order valence-electron chi connectivity index (χ4n) is 2.86. The SMILES string of the molecule is CN(CCC(=O)Nc1ccccc1Cl)CCC1(O)CCCC1. The van der Waals surface area contributed by atoms with Crippen LogP contribution in [-0.2, 0) is 4.79 Å². The van der Waals surface area contributed by atoms with Crippen LogP contribution in [0.2, 0.25) is 5.02 Å². The third kappa shape index (κ3) is 5.27. The topological polar surface area (TPSA) is 52.6 Å². The molecule has 0 spiro atoms. The molecule has 0 radical (unpaired) electrons. The van der Waals surface area contributed by atoms with Crippen molar-refractivity contribution in [2.75, 3.05) is 25.5 Å². The molecule has 0 atom stereocenters. The van der Waals surface area contributed by atoms with E-state index < -0.39 is 5.60 Å². The van der Waals surface area contributed by atoms with Gasteiger partial charge in [-0.25, -0.2) is 0 Å². The van der Waals surface area contributed by atoms with E-state index in [0.717, 1.165) is 38.6 Å². The third-order valence-electron chi connectivity index (χ3n) is 4.36. The summed E-state index contributed by atoms with van der Waals surface area (Å²) in [6.07, 6.45) is 5.28. The lowest BCUT2D eigenvalue weighted by Crippen LogP contribution is -2.32. The Morgan fingerprint density at radius 2 is 2.00 bits per heavy atom. The van der Waals surface area contributed by atoms with Crippen molar-refractivity contribution in [1.82, 2.24) is 4.90 Å². The fourth-order valence-corrected chi connectivity index (χ4v) is 3.04. The molecule has 0 unspecified atom stereocenters. The lowest BCUT2D eigenvalue weighted by Gasteiger charge is -2.25. The maximum absolute atomic E-state index is 11.9. The number of nitrogens with zero attached hydrogens (tertiary/aromatic N) is 1. The van der Waals surface area contributed by atoms with Crippen LogP contribution in [0.1, 0.15) is 38.5 Å². The Balaban J connectivity index is 1.68. The van der Waals surface area contributed by atoms with Crippen molar-refractivity contribution in [2.45, 2.75) is 44.1 Å². The second kappa shape index (κ2) is 7.95. The first kappa shape index (κ1) is 17.3. The molecule has 122 valence electrons. The van der Waals surface area contributed by atoms with Gasteiger partial charge in [-0.2, -0.15) is 0 Å². The van der Waals surface area contributed by atoms with E-state index in [2.05, 4.69) is 10.2 Å². The van der Waals surface area contributed by atoms with Crippen LogP contribution in [0.4, 0.5) is 5.69 Å². The molecule has 1 aliphatic rings. The van der Waals surface area contributed by atoms with E-state index in [4.69, 9.17) is 11.6 Å². The predicted molar refractivity (Wildman–Crippen MR) is 90.2 cm³/mol. The molecule has 1 aliphatic carbocycles. The van der Waals surface area contributed by atoms with Crippen LogP contribution in [0, 0.1) is 0 Å². The van der Waals surface area contributed by atoms with E-state index in [9.17, 15) is 9.90 Å². The van der Waals surface area contributed by atoms with Gasteiger partial charge in [0.25, 0.3) is 0 Å². The summed E-state index contributed by atoms with van der Waals surface area (Å²) in [6, 6.07) is 7.22. The highest BCUT2D eigenvalue weighted by atomic mass is 35.5. The number of halogens is 1. The number of hydrogen-bond donors (Lipinski definition) is 2. The maximum Gasteiger partial charge on any atom is 0.225 e. The first-order chi connectivity index (χ1) is 10.5. The van der Waals surface area contributed by atoms with Crippen molar-refractivity contribution in [2.24, 2.45) is 0 Å². The van der Waals surface area contributed by atoms with Crippen molar-refractivity contribution in [1.29, 1.82) is 0 Å². The van der Waals surface area contributed by atoms with Crippen LogP contribution in [-0.4, -0.2) is 41.7 Å². The normalized spacial score (nSPS) is 16.9. The van der Waals surface area contributed by atoms with Gasteiger partial charge in [0.15, 0.2) is 0 Å². The number of aliphatic hydroxyl groups is 1. The molecule has 0 saturated heterocycles. The van der Waals surface area contributed by atoms with Crippen LogP contribution in [0.15, 0.2) is 24.3 Å². The van der Waals surface area contributed by atoms with Crippen molar-refractivity contribution in [3.8, 4) is 0 Å². The number of para-hydroxylation sites is 1. The summed E-state index contributed by atoms with van der Waals surface area (Å²) in [5.41, 5.74) is 0.172. The molecule has 1 aromatic carbocycles. The van der Waals surface area contributed by atoms with E-state index in [0.29, 0.717) is 23.7 Å². The summed E-state index contributed by atoms with van der Waals surface area (Å²) in [6.45, 7) is 1.49. The highest BCUT2D eigenvalue weighted by Gasteiger charge is 2.30. The molecule has 0 aliphatic heterocycles. The number of carbonyl (C=O) groups is 1. The smallest absolute Gasteiger partial charge is 0.225 e. The van der Waals surface area contributed by atoms with Gasteiger partial charge in [0, 0.05) is 19.5 Å². The molecule has 1 amide bonds. The minimum absolute atomic E-state index is 0.0421. The molecule has 0 bridgehead atoms. The highest BCUT2D eigenvalue weighted by Crippen LogP contribution is 2.32. The Bertz CT molecular complexity index is 501. The number of benzene rings is 1. The van der Waals surface area contributed by atoms with Crippen molar-refractivity contribution >= 4 is 23.2 Å². The lowest BCUT2D eigenvalue weighted by atomic mass is 9.98. The van der Waals surface area contributed by atoms with Gasteiger partial charge in [-0.15, -0.1) is 0 Å². The Labute approximate surface area is 137 Å². The number of amides is 1. The van der Waals surface area contributed by atoms with Gasteiger partial charge in [0.1, 0.15) is 0 Å². The minimum Gasteiger partial charge on any atom is -0.390 e. The molecule has 2 rings (SSSR count). The van der Waals surface area contributed by atoms with E-state index in [1.165, 1.54) is 0 Å². The van der Waals surface area contributed by atoms with E-state index in [1.807, 2.05) is 19.2 Å². The zero-order valence-electron chi connectivity index (χ0n) is 13.1. The number of rotatable bonds is 7. The van der Waals surface area contributed by atoms with E-state index in [-0.39, 0.29) is 5.91 Å². The molecule has 2 N–H and O–H groups in total. The van der Waals surface area contributed by atoms with Crippen molar-refractivity contribution < 1.29 is 9.90 Å². The van der Waals surface area contributed by atoms with Gasteiger partial charge < -0.3 is 15.3 Å². The molecule has 1 aromatic rings. The first-order valence-electron chi connectivity index (χ1n) is 7.94. The number of carbonyl (C=O) groups excluding carboxylic acids is 1. The molecule has 4 nitrogen and oxygen atoms in total. The Morgan fingerprint density at radius 3 is 2.68 bits per heavy atom. The summed E-state index contributed by atoms with van der Waals surface area (Å²) in [5, 5.41) is 13.7. The average Bonchev–Trinajstić information content (AvgIpc) is 2.93. The summed E-state index contributed by atoms with van der Waals surface area (Å²) in [7, 11) is 1.99. The van der Waals surface area contributed by atoms with Crippen LogP contribution < -0.4 is 5.32 Å². The Kier molecular flexibility index (Phi) is 6.24. The van der Waals surface area contributed by atoms with Crippen LogP contribution in [0.25, 0.3) is 0 Å². The molecule has 1 fully saturated rings. The summed E-state index contributed by atoms with van der Waals surface area (Å²) >= 11 is 6.02. The Hall–Kier alpha value is -1.10.